The van der Waals surface area contributed by atoms with Gasteiger partial charge in [0.1, 0.15) is 0 Å². The van der Waals surface area contributed by atoms with E-state index in [2.05, 4.69) is 23.8 Å². The van der Waals surface area contributed by atoms with E-state index < -0.39 is 0 Å². The molecule has 1 rings (SSSR count). The quantitative estimate of drug-likeness (QED) is 0.549. The third-order valence-corrected chi connectivity index (χ3v) is 1.45. The molecule has 10 heavy (non-hydrogen) atoms. The van der Waals surface area contributed by atoms with Gasteiger partial charge < -0.3 is 5.73 Å². The van der Waals surface area contributed by atoms with Crippen LogP contribution in [0.4, 0.5) is 0 Å². The highest BCUT2D eigenvalue weighted by Gasteiger charge is 1.85. The molecular weight excluding hydrogens is 142 g/mol. The van der Waals surface area contributed by atoms with Gasteiger partial charge in [-0.05, 0) is 25.8 Å². The Kier molecular flexibility index (Phi) is 19.8. The highest BCUT2D eigenvalue weighted by atomic mass is 32.2. The van der Waals surface area contributed by atoms with E-state index in [4.69, 9.17) is 0 Å². The molecule has 0 radical (unpaired) electrons. The number of nitrogens with two attached hydrogens (primary N) is 1. The summed E-state index contributed by atoms with van der Waals surface area (Å²) in [5.74, 6) is 1.31. The first-order chi connectivity index (χ1) is 4.91. The molecule has 0 aromatic rings. The van der Waals surface area contributed by atoms with E-state index in [-0.39, 0.29) is 0 Å². The fourth-order valence-corrected chi connectivity index (χ4v) is 1.02. The van der Waals surface area contributed by atoms with Crippen molar-refractivity contribution in [3.05, 3.63) is 24.1 Å². The van der Waals surface area contributed by atoms with Crippen LogP contribution in [-0.4, -0.2) is 12.8 Å². The summed E-state index contributed by atoms with van der Waals surface area (Å²) in [4.78, 5) is 0. The summed E-state index contributed by atoms with van der Waals surface area (Å²) in [7, 11) is 1.50. The molecule has 60 valence electrons. The second-order valence-electron chi connectivity index (χ2n) is 1.44. The van der Waals surface area contributed by atoms with Gasteiger partial charge in [0, 0.05) is 5.75 Å². The van der Waals surface area contributed by atoms with Crippen LogP contribution in [-0.2, 0) is 0 Å². The molecule has 1 aliphatic heterocycles. The lowest BCUT2D eigenvalue weighted by Gasteiger charge is -1.69. The molecule has 2 heteroatoms. The molecule has 2 N–H and O–H groups in total. The summed E-state index contributed by atoms with van der Waals surface area (Å²) in [6.07, 6.45) is 5.23. The van der Waals surface area contributed by atoms with Gasteiger partial charge in [-0.15, -0.1) is 18.3 Å². The van der Waals surface area contributed by atoms with Crippen LogP contribution in [0, 0.1) is 0 Å². The van der Waals surface area contributed by atoms with Gasteiger partial charge in [0.2, 0.25) is 0 Å². The maximum Gasteiger partial charge on any atom is 0.000884 e. The number of hydrogen-bond donors (Lipinski definition) is 1. The van der Waals surface area contributed by atoms with Gasteiger partial charge in [-0.3, -0.25) is 0 Å². The van der Waals surface area contributed by atoms with Crippen molar-refractivity contribution < 1.29 is 0 Å². The molecule has 0 spiro atoms. The number of allylic oxidation sites excluding steroid dienone is 2. The second kappa shape index (κ2) is 15.9. The fraction of sp³-hybridized carbons (Fsp3) is 0.500. The van der Waals surface area contributed by atoms with Crippen LogP contribution >= 0.6 is 11.8 Å². The van der Waals surface area contributed by atoms with Crippen molar-refractivity contribution in [3.63, 3.8) is 0 Å². The zero-order valence-electron chi connectivity index (χ0n) is 6.84. The molecule has 1 nitrogen and oxygen atoms in total. The van der Waals surface area contributed by atoms with Crippen molar-refractivity contribution in [2.24, 2.45) is 5.73 Å². The number of thioether (sulfide) groups is 1. The summed E-state index contributed by atoms with van der Waals surface area (Å²) >= 11 is 1.89. The zero-order chi connectivity index (χ0) is 8.24. The molecule has 0 aromatic heterocycles. The average molecular weight is 159 g/mol. The van der Waals surface area contributed by atoms with Crippen LogP contribution in [0.2, 0.25) is 0 Å². The topological polar surface area (TPSA) is 26.0 Å². The molecule has 1 heterocycles. The minimum absolute atomic E-state index is 1.28. The first-order valence-electron chi connectivity index (χ1n) is 3.33. The van der Waals surface area contributed by atoms with Crippen LogP contribution in [0.1, 0.15) is 13.3 Å². The SMILES string of the molecule is C1=CSCC1.C=CC.CN. The smallest absolute Gasteiger partial charge is 0.000884 e. The monoisotopic (exact) mass is 159 g/mol. The third kappa shape index (κ3) is 15.7. The van der Waals surface area contributed by atoms with Crippen LogP contribution in [0.3, 0.4) is 0 Å². The van der Waals surface area contributed by atoms with Crippen molar-refractivity contribution in [2.75, 3.05) is 12.8 Å². The van der Waals surface area contributed by atoms with Gasteiger partial charge in [-0.1, -0.05) is 12.2 Å². The Labute approximate surface area is 68.4 Å². The average Bonchev–Trinajstić information content (AvgIpc) is 2.48. The van der Waals surface area contributed by atoms with Gasteiger partial charge in [-0.25, -0.2) is 0 Å². The maximum absolute atomic E-state index is 4.50. The standard InChI is InChI=1S/C4H6S.C3H6.CH5N/c1-2-4-5-3-1;1-3-2;1-2/h1,3H,2,4H2;3H,1H2,2H3;2H2,1H3. The summed E-state index contributed by atoms with van der Waals surface area (Å²) in [6, 6.07) is 0. The molecule has 0 amide bonds. The first-order valence-corrected chi connectivity index (χ1v) is 4.38. The predicted octanol–water partition coefficient (Wildman–Crippen LogP) is 2.40. The Hall–Kier alpha value is -0.210. The Bertz CT molecular complexity index is 73.3. The largest absolute Gasteiger partial charge is 0.333 e. The second-order valence-corrected chi connectivity index (χ2v) is 2.45. The zero-order valence-corrected chi connectivity index (χ0v) is 7.66. The van der Waals surface area contributed by atoms with Crippen molar-refractivity contribution in [1.29, 1.82) is 0 Å². The minimum atomic E-state index is 1.28. The molecule has 0 unspecified atom stereocenters. The highest BCUT2D eigenvalue weighted by Crippen LogP contribution is 2.11. The van der Waals surface area contributed by atoms with Crippen LogP contribution in [0.15, 0.2) is 24.1 Å². The Morgan fingerprint density at radius 1 is 1.60 bits per heavy atom. The van der Waals surface area contributed by atoms with Crippen molar-refractivity contribution >= 4 is 11.8 Å². The van der Waals surface area contributed by atoms with E-state index >= 15 is 0 Å². The third-order valence-electron chi connectivity index (χ3n) is 0.595. The summed E-state index contributed by atoms with van der Waals surface area (Å²) in [5.41, 5.74) is 4.50. The van der Waals surface area contributed by atoms with Crippen molar-refractivity contribution in [2.45, 2.75) is 13.3 Å². The maximum atomic E-state index is 4.50. The highest BCUT2D eigenvalue weighted by molar-refractivity contribution is 8.02. The fourth-order valence-electron chi connectivity index (χ4n) is 0.340. The summed E-state index contributed by atoms with van der Waals surface area (Å²) in [6.45, 7) is 5.25. The van der Waals surface area contributed by atoms with E-state index in [0.29, 0.717) is 0 Å². The summed E-state index contributed by atoms with van der Waals surface area (Å²) < 4.78 is 0. The molecular formula is C8H17NS. The van der Waals surface area contributed by atoms with Gasteiger partial charge in [0.15, 0.2) is 0 Å². The Morgan fingerprint density at radius 3 is 2.20 bits per heavy atom. The van der Waals surface area contributed by atoms with Gasteiger partial charge >= 0.3 is 0 Å². The molecule has 0 saturated heterocycles. The predicted molar refractivity (Wildman–Crippen MR) is 52.2 cm³/mol. The van der Waals surface area contributed by atoms with E-state index in [1.165, 1.54) is 19.2 Å². The Balaban J connectivity index is 0. The van der Waals surface area contributed by atoms with E-state index in [1.807, 2.05) is 18.7 Å². The van der Waals surface area contributed by atoms with Crippen molar-refractivity contribution in [3.8, 4) is 0 Å². The lowest BCUT2D eigenvalue weighted by molar-refractivity contribution is 1.28. The van der Waals surface area contributed by atoms with E-state index in [1.54, 1.807) is 6.08 Å². The van der Waals surface area contributed by atoms with Crippen LogP contribution < -0.4 is 5.73 Å². The number of rotatable bonds is 0. The molecule has 1 aliphatic rings. The van der Waals surface area contributed by atoms with Gasteiger partial charge in [0.05, 0.1) is 0 Å². The first kappa shape index (κ1) is 12.5. The lowest BCUT2D eigenvalue weighted by atomic mass is 10.5. The molecule has 0 aliphatic carbocycles. The minimum Gasteiger partial charge on any atom is -0.333 e. The molecule has 0 fully saturated rings. The normalized spacial score (nSPS) is 12.3. The molecule has 0 aromatic carbocycles. The molecule has 0 atom stereocenters. The number of hydrogen-bond acceptors (Lipinski definition) is 2. The van der Waals surface area contributed by atoms with Gasteiger partial charge in [0.25, 0.3) is 0 Å². The van der Waals surface area contributed by atoms with Crippen LogP contribution in [0.5, 0.6) is 0 Å². The summed E-state index contributed by atoms with van der Waals surface area (Å²) in [5, 5.41) is 2.15. The van der Waals surface area contributed by atoms with E-state index in [9.17, 15) is 0 Å². The lowest BCUT2D eigenvalue weighted by Crippen LogP contribution is -1.69. The van der Waals surface area contributed by atoms with Crippen LogP contribution in [0.25, 0.3) is 0 Å². The molecule has 0 bridgehead atoms. The van der Waals surface area contributed by atoms with Crippen molar-refractivity contribution in [1.82, 2.24) is 0 Å². The molecule has 0 saturated carbocycles. The van der Waals surface area contributed by atoms with Gasteiger partial charge in [-0.2, -0.15) is 0 Å². The Morgan fingerprint density at radius 2 is 2.10 bits per heavy atom. The van der Waals surface area contributed by atoms with E-state index in [0.717, 1.165) is 0 Å².